The highest BCUT2D eigenvalue weighted by Gasteiger charge is 2.26. The van der Waals surface area contributed by atoms with Gasteiger partial charge in [0.05, 0.1) is 16.5 Å². The van der Waals surface area contributed by atoms with Gasteiger partial charge >= 0.3 is 0 Å². The molecule has 2 aromatic rings. The zero-order valence-corrected chi connectivity index (χ0v) is 19.3. The van der Waals surface area contributed by atoms with Crippen LogP contribution in [-0.2, 0) is 26.0 Å². The SMILES string of the molecule is CCOCCCNC(=O)[C@@H](Cc1ccccc1)NS(=O)(=O)c1ccc(OCC)c(Cl)c1. The summed E-state index contributed by atoms with van der Waals surface area (Å²) >= 11 is 6.14. The van der Waals surface area contributed by atoms with Crippen molar-refractivity contribution in [1.82, 2.24) is 10.0 Å². The molecule has 0 aliphatic carbocycles. The maximum absolute atomic E-state index is 13.0. The molecule has 0 spiro atoms. The summed E-state index contributed by atoms with van der Waals surface area (Å²) in [6.45, 7) is 5.64. The lowest BCUT2D eigenvalue weighted by Crippen LogP contribution is -2.48. The second-order valence-electron chi connectivity index (χ2n) is 6.73. The smallest absolute Gasteiger partial charge is 0.241 e. The Bertz CT molecular complexity index is 938. The standard InChI is InChI=1S/C22H29ClN2O5S/c1-3-29-14-8-13-24-22(26)20(15-17-9-6-5-7-10-17)25-31(27,28)18-11-12-21(30-4-2)19(23)16-18/h5-7,9-12,16,20,25H,3-4,8,13-15H2,1-2H3,(H,24,26)/t20-/m1/s1. The lowest BCUT2D eigenvalue weighted by Gasteiger charge is -2.19. The number of nitrogens with one attached hydrogen (secondary N) is 2. The van der Waals surface area contributed by atoms with Crippen LogP contribution in [-0.4, -0.2) is 46.7 Å². The van der Waals surface area contributed by atoms with Gasteiger partial charge in [-0.15, -0.1) is 0 Å². The zero-order chi connectivity index (χ0) is 22.7. The lowest BCUT2D eigenvalue weighted by atomic mass is 10.1. The van der Waals surface area contributed by atoms with E-state index < -0.39 is 22.0 Å². The van der Waals surface area contributed by atoms with Gasteiger partial charge in [0, 0.05) is 19.8 Å². The van der Waals surface area contributed by atoms with Crippen molar-refractivity contribution in [3.05, 3.63) is 59.1 Å². The van der Waals surface area contributed by atoms with Crippen molar-refractivity contribution in [3.8, 4) is 5.75 Å². The largest absolute Gasteiger partial charge is 0.492 e. The molecule has 31 heavy (non-hydrogen) atoms. The van der Waals surface area contributed by atoms with Crippen LogP contribution in [0.4, 0.5) is 0 Å². The zero-order valence-electron chi connectivity index (χ0n) is 17.8. The summed E-state index contributed by atoms with van der Waals surface area (Å²) in [6.07, 6.45) is 0.848. The first-order valence-corrected chi connectivity index (χ1v) is 12.1. The monoisotopic (exact) mass is 468 g/mol. The fraction of sp³-hybridized carbons (Fsp3) is 0.409. The van der Waals surface area contributed by atoms with Crippen LogP contribution in [0.3, 0.4) is 0 Å². The van der Waals surface area contributed by atoms with Gasteiger partial charge in [-0.2, -0.15) is 4.72 Å². The summed E-state index contributed by atoms with van der Waals surface area (Å²) in [6, 6.07) is 12.5. The maximum atomic E-state index is 13.0. The van der Waals surface area contributed by atoms with Crippen LogP contribution in [0, 0.1) is 0 Å². The fourth-order valence-electron chi connectivity index (χ4n) is 2.87. The van der Waals surface area contributed by atoms with Crippen molar-refractivity contribution in [2.75, 3.05) is 26.4 Å². The second-order valence-corrected chi connectivity index (χ2v) is 8.85. The van der Waals surface area contributed by atoms with Crippen LogP contribution < -0.4 is 14.8 Å². The number of amides is 1. The molecular weight excluding hydrogens is 440 g/mol. The predicted octanol–water partition coefficient (Wildman–Crippen LogP) is 3.17. The Hall–Kier alpha value is -2.13. The van der Waals surface area contributed by atoms with Crippen molar-refractivity contribution in [2.24, 2.45) is 0 Å². The molecule has 1 amide bonds. The minimum atomic E-state index is -3.99. The number of ether oxygens (including phenoxy) is 2. The molecule has 2 rings (SSSR count). The highest BCUT2D eigenvalue weighted by molar-refractivity contribution is 7.89. The number of carbonyl (C=O) groups is 1. The molecule has 0 unspecified atom stereocenters. The number of sulfonamides is 1. The number of hydrogen-bond donors (Lipinski definition) is 2. The summed E-state index contributed by atoms with van der Waals surface area (Å²) in [7, 11) is -3.99. The van der Waals surface area contributed by atoms with Crippen molar-refractivity contribution in [3.63, 3.8) is 0 Å². The summed E-state index contributed by atoms with van der Waals surface area (Å²) < 4.78 is 39.1. The molecule has 0 aliphatic rings. The summed E-state index contributed by atoms with van der Waals surface area (Å²) in [5.74, 6) is -0.00282. The molecule has 0 fully saturated rings. The third-order valence-electron chi connectivity index (χ3n) is 4.38. The molecule has 0 radical (unpaired) electrons. The first kappa shape index (κ1) is 25.1. The van der Waals surface area contributed by atoms with Crippen molar-refractivity contribution in [1.29, 1.82) is 0 Å². The van der Waals surface area contributed by atoms with E-state index in [1.807, 2.05) is 44.2 Å². The Morgan fingerprint density at radius 2 is 1.84 bits per heavy atom. The molecule has 1 atom stereocenters. The van der Waals surface area contributed by atoms with E-state index in [1.54, 1.807) is 0 Å². The lowest BCUT2D eigenvalue weighted by molar-refractivity contribution is -0.122. The van der Waals surface area contributed by atoms with E-state index in [0.717, 1.165) is 5.56 Å². The molecule has 7 nitrogen and oxygen atoms in total. The van der Waals surface area contributed by atoms with Crippen LogP contribution >= 0.6 is 11.6 Å². The number of rotatable bonds is 13. The molecule has 0 aliphatic heterocycles. The normalized spacial score (nSPS) is 12.4. The summed E-state index contributed by atoms with van der Waals surface area (Å²) in [4.78, 5) is 12.7. The molecule has 0 aromatic heterocycles. The topological polar surface area (TPSA) is 93.7 Å². The van der Waals surface area contributed by atoms with E-state index in [0.29, 0.717) is 38.5 Å². The second kappa shape index (κ2) is 12.7. The number of carbonyl (C=O) groups excluding carboxylic acids is 1. The van der Waals surface area contributed by atoms with Crippen LogP contribution in [0.5, 0.6) is 5.75 Å². The number of benzene rings is 2. The van der Waals surface area contributed by atoms with E-state index >= 15 is 0 Å². The van der Waals surface area contributed by atoms with E-state index in [1.165, 1.54) is 18.2 Å². The molecular formula is C22H29ClN2O5S. The van der Waals surface area contributed by atoms with Crippen molar-refractivity contribution >= 4 is 27.5 Å². The van der Waals surface area contributed by atoms with Crippen LogP contribution in [0.2, 0.25) is 5.02 Å². The van der Waals surface area contributed by atoms with E-state index in [-0.39, 0.29) is 16.3 Å². The molecule has 0 saturated carbocycles. The quantitative estimate of drug-likeness (QED) is 0.440. The summed E-state index contributed by atoms with van der Waals surface area (Å²) in [5.41, 5.74) is 0.837. The Balaban J connectivity index is 2.16. The van der Waals surface area contributed by atoms with Gasteiger partial charge in [-0.1, -0.05) is 41.9 Å². The van der Waals surface area contributed by atoms with E-state index in [9.17, 15) is 13.2 Å². The number of hydrogen-bond acceptors (Lipinski definition) is 5. The highest BCUT2D eigenvalue weighted by atomic mass is 35.5. The van der Waals surface area contributed by atoms with Crippen molar-refractivity contribution in [2.45, 2.75) is 37.6 Å². The van der Waals surface area contributed by atoms with Gasteiger partial charge in [-0.25, -0.2) is 8.42 Å². The Morgan fingerprint density at radius 3 is 2.48 bits per heavy atom. The van der Waals surface area contributed by atoms with Crippen LogP contribution in [0.15, 0.2) is 53.4 Å². The summed E-state index contributed by atoms with van der Waals surface area (Å²) in [5, 5.41) is 2.97. The minimum Gasteiger partial charge on any atom is -0.492 e. The highest BCUT2D eigenvalue weighted by Crippen LogP contribution is 2.27. The van der Waals surface area contributed by atoms with Gasteiger partial charge in [0.15, 0.2) is 0 Å². The van der Waals surface area contributed by atoms with Gasteiger partial charge in [0.25, 0.3) is 0 Å². The van der Waals surface area contributed by atoms with E-state index in [4.69, 9.17) is 21.1 Å². The molecule has 2 N–H and O–H groups in total. The molecule has 9 heteroatoms. The third kappa shape index (κ3) is 8.14. The van der Waals surface area contributed by atoms with Crippen molar-refractivity contribution < 1.29 is 22.7 Å². The first-order valence-electron chi connectivity index (χ1n) is 10.2. The molecule has 0 heterocycles. The molecule has 0 saturated heterocycles. The van der Waals surface area contributed by atoms with Gasteiger partial charge < -0.3 is 14.8 Å². The van der Waals surface area contributed by atoms with Crippen LogP contribution in [0.25, 0.3) is 0 Å². The minimum absolute atomic E-state index is 0.0387. The third-order valence-corrected chi connectivity index (χ3v) is 6.14. The average molecular weight is 469 g/mol. The molecule has 2 aromatic carbocycles. The Labute approximate surface area is 189 Å². The maximum Gasteiger partial charge on any atom is 0.241 e. The first-order chi connectivity index (χ1) is 14.9. The Kier molecular flexibility index (Phi) is 10.3. The van der Waals surface area contributed by atoms with Gasteiger partial charge in [0.1, 0.15) is 11.8 Å². The average Bonchev–Trinajstić information content (AvgIpc) is 2.75. The molecule has 170 valence electrons. The fourth-order valence-corrected chi connectivity index (χ4v) is 4.39. The van der Waals surface area contributed by atoms with Crippen LogP contribution in [0.1, 0.15) is 25.8 Å². The predicted molar refractivity (Wildman–Crippen MR) is 121 cm³/mol. The van der Waals surface area contributed by atoms with Gasteiger partial charge in [0.2, 0.25) is 15.9 Å². The Morgan fingerprint density at radius 1 is 1.10 bits per heavy atom. The van der Waals surface area contributed by atoms with Gasteiger partial charge in [-0.3, -0.25) is 4.79 Å². The number of halogens is 1. The molecule has 0 bridgehead atoms. The van der Waals surface area contributed by atoms with E-state index in [2.05, 4.69) is 10.0 Å². The van der Waals surface area contributed by atoms with Gasteiger partial charge in [-0.05, 0) is 50.5 Å².